The van der Waals surface area contributed by atoms with Crippen LogP contribution in [-0.4, -0.2) is 218 Å². The Bertz CT molecular complexity index is 6450. The van der Waals surface area contributed by atoms with Crippen LogP contribution in [0.15, 0.2) is 263 Å². The van der Waals surface area contributed by atoms with Crippen LogP contribution < -0.4 is 58.5 Å². The lowest BCUT2D eigenvalue weighted by molar-refractivity contribution is 0.101. The number of fused-ring (bicyclic) bond motifs is 4. The average molecular weight is 1890 g/mol. The average Bonchev–Trinajstić information content (AvgIpc) is 1.65. The molecular formula is C114H131N23O4. The molecule has 4 fully saturated rings. The molecule has 20 rings (SSSR count). The third-order valence-electron chi connectivity index (χ3n) is 26.4. The van der Waals surface area contributed by atoms with Crippen LogP contribution in [-0.2, 0) is 51.7 Å². The molecule has 8 aliphatic rings. The molecule has 8 aliphatic heterocycles. The van der Waals surface area contributed by atoms with Gasteiger partial charge in [-0.2, -0.15) is 0 Å². The van der Waals surface area contributed by atoms with Crippen molar-refractivity contribution in [3.05, 3.63) is 338 Å². The van der Waals surface area contributed by atoms with Crippen LogP contribution in [0.3, 0.4) is 0 Å². The highest BCUT2D eigenvalue weighted by Gasteiger charge is 2.28. The van der Waals surface area contributed by atoms with E-state index in [-0.39, 0.29) is 23.6 Å². The van der Waals surface area contributed by atoms with Crippen LogP contribution in [0, 0.1) is 0 Å². The number of aryl methyl sites for hydroxylation is 1. The molecule has 11 N–H and O–H groups in total. The fraction of sp³-hybridized carbons (Fsp3) is 0.333. The minimum atomic E-state index is -0.121. The van der Waals surface area contributed by atoms with E-state index in [4.69, 9.17) is 20.0 Å². The molecule has 4 amide bonds. The number of unbranched alkanes of at least 4 members (excludes halogenated alkanes) is 1. The summed E-state index contributed by atoms with van der Waals surface area (Å²) in [6.45, 7) is 27.3. The van der Waals surface area contributed by atoms with E-state index in [1.165, 1.54) is 16.7 Å². The normalized spacial score (nSPS) is 15.7. The first-order valence-corrected chi connectivity index (χ1v) is 50.3. The number of aliphatic imine (C=N–C) groups is 4. The number of hydrogen-bond donors (Lipinski definition) is 11. The van der Waals surface area contributed by atoms with Crippen molar-refractivity contribution < 1.29 is 19.2 Å². The number of carbonyl (C=O) groups is 4. The number of piperazine rings is 3. The van der Waals surface area contributed by atoms with Crippen molar-refractivity contribution in [1.29, 1.82) is 0 Å². The van der Waals surface area contributed by atoms with Crippen molar-refractivity contribution in [2.45, 2.75) is 117 Å². The fourth-order valence-corrected chi connectivity index (χ4v) is 18.6. The highest BCUT2D eigenvalue weighted by atomic mass is 16.2. The van der Waals surface area contributed by atoms with Crippen LogP contribution >= 0.6 is 0 Å². The highest BCUT2D eigenvalue weighted by Crippen LogP contribution is 2.41. The predicted molar refractivity (Wildman–Crippen MR) is 572 cm³/mol. The largest absolute Gasteiger partial charge is 0.370 e. The summed E-state index contributed by atoms with van der Waals surface area (Å²) < 4.78 is 0. The predicted octanol–water partition coefficient (Wildman–Crippen LogP) is 17.7. The lowest BCUT2D eigenvalue weighted by Crippen LogP contribution is -2.42. The summed E-state index contributed by atoms with van der Waals surface area (Å²) in [5, 5.41) is 35.9. The second-order valence-electron chi connectivity index (χ2n) is 37.4. The van der Waals surface area contributed by atoms with Crippen LogP contribution in [0.4, 0.5) is 63.0 Å². The van der Waals surface area contributed by atoms with E-state index in [1.54, 1.807) is 0 Å². The van der Waals surface area contributed by atoms with Crippen LogP contribution in [0.2, 0.25) is 0 Å². The van der Waals surface area contributed by atoms with Gasteiger partial charge in [-0.1, -0.05) is 118 Å². The van der Waals surface area contributed by atoms with Gasteiger partial charge in [0.05, 0.1) is 62.7 Å². The van der Waals surface area contributed by atoms with Gasteiger partial charge in [0, 0.05) is 225 Å². The van der Waals surface area contributed by atoms with Crippen molar-refractivity contribution in [3.8, 4) is 0 Å². The van der Waals surface area contributed by atoms with Crippen molar-refractivity contribution in [3.63, 3.8) is 0 Å². The molecule has 27 heteroatoms. The van der Waals surface area contributed by atoms with Gasteiger partial charge in [0.15, 0.2) is 0 Å². The molecule has 0 aliphatic carbocycles. The summed E-state index contributed by atoms with van der Waals surface area (Å²) in [7, 11) is 4.16. The molecule has 12 heterocycles. The maximum Gasteiger partial charge on any atom is 0.255 e. The lowest BCUT2D eigenvalue weighted by Gasteiger charge is -2.27. The maximum atomic E-state index is 13.1. The number of aromatic nitrogens is 4. The van der Waals surface area contributed by atoms with E-state index in [1.807, 2.05) is 170 Å². The first kappa shape index (κ1) is 98.6. The molecule has 27 nitrogen and oxygen atoms in total. The van der Waals surface area contributed by atoms with Crippen molar-refractivity contribution in [1.82, 2.24) is 60.8 Å². The van der Waals surface area contributed by atoms with Gasteiger partial charge in [-0.3, -0.25) is 43.9 Å². The van der Waals surface area contributed by atoms with Gasteiger partial charge in [-0.15, -0.1) is 0 Å². The molecular weight excluding hydrogens is 1760 g/mol. The second kappa shape index (κ2) is 49.2. The van der Waals surface area contributed by atoms with Crippen molar-refractivity contribution >= 4 is 109 Å². The summed E-state index contributed by atoms with van der Waals surface area (Å²) in [6, 6.07) is 72.0. The topological polar surface area (TPSA) is 315 Å². The standard InChI is InChI=1S/C30H37N7O.C29H33N5O.C28H32N6O.C27H29N5O/c1-36(2)16-4-12-32-28-20-24(11-13-33-28)27-19-25-5-3-6-26(29(25)34-27)35-30(38)23-9-7-22(8-10-23)21-37-17-14-31-15-18-37;1-2-3-6-25-18-23(12-13-31-25)27-19-24-5-4-7-26(28(24)32-27)33-29(35)22-10-8-21(9-11-22)20-34-16-14-30-15-17-34;1-2-10-30-27-9-7-23(18-31-27)25-16-21-6-8-24(17-26(21)33-25)32-28(35)22-5-3-4-20(15-22)19-34-13-11-29-12-14-34;1-2-11-29-25-16-19(10-13-30-25)24-15-20-6-4-8-23(26(20)31-24)32-27(33)21-7-3-5-18(14-21)22-9-12-28-17-22/h3,5-11,13,20,31H,4,12,14-19,21H2,1-2H3,(H,32,33)(H,35,38);4-5,7-13,18,30H,2-3,6,14-17,19-20H2,1H3,(H,33,35);3-9,15,17-18,29H,2,10-14,16,19H2,1H3,(H,30,31)(H,32,35);3-8,10,13-14,16,22,28H,2,9,11-12,15,17H2,1H3,(H,29,30)(H,32,33). The molecule has 0 bridgehead atoms. The Morgan fingerprint density at radius 1 is 0.376 bits per heavy atom. The number of carbonyl (C=O) groups excluding carboxylic acids is 4. The molecule has 4 saturated heterocycles. The zero-order valence-corrected chi connectivity index (χ0v) is 81.8. The molecule has 0 radical (unpaired) electrons. The molecule has 141 heavy (non-hydrogen) atoms. The highest BCUT2D eigenvalue weighted by molar-refractivity contribution is 6.14. The maximum absolute atomic E-state index is 13.1. The second-order valence-corrected chi connectivity index (χ2v) is 37.4. The molecule has 8 aromatic carbocycles. The van der Waals surface area contributed by atoms with E-state index >= 15 is 0 Å². The molecule has 0 saturated carbocycles. The van der Waals surface area contributed by atoms with Gasteiger partial charge in [0.1, 0.15) is 17.5 Å². The first-order chi connectivity index (χ1) is 69.1. The number of anilines is 7. The SMILES string of the molecule is CCCCc1cc(C2=Nc3c(cccc3NC(=O)c3ccc(CN4CCNCC4)cc3)C2)ccn1.CCCNc1cc(C2=Nc3c(cccc3NC(=O)c3cccc(C4CCNC4)c3)C2)ccn1.CCCNc1ccc(C2=Nc3cc(NC(=O)c4cccc(CN5CCNCC5)c4)ccc3C2)cn1.CN(C)CCCNc1cc(C2=Nc3c(cccc3NC(=O)c3ccc(CN4CCNCC4)cc3)C2)ccn1. The zero-order chi connectivity index (χ0) is 97.0. The summed E-state index contributed by atoms with van der Waals surface area (Å²) in [6.07, 6.45) is 17.9. The van der Waals surface area contributed by atoms with Gasteiger partial charge in [-0.05, 0) is 249 Å². The van der Waals surface area contributed by atoms with Crippen LogP contribution in [0.1, 0.15) is 179 Å². The Kier molecular flexibility index (Phi) is 34.4. The van der Waals surface area contributed by atoms with Gasteiger partial charge in [0.25, 0.3) is 23.6 Å². The zero-order valence-electron chi connectivity index (χ0n) is 81.8. The third-order valence-corrected chi connectivity index (χ3v) is 26.4. The molecule has 1 unspecified atom stereocenters. The van der Waals surface area contributed by atoms with E-state index in [0.717, 1.165) is 350 Å². The number of benzene rings is 8. The molecule has 726 valence electrons. The van der Waals surface area contributed by atoms with Crippen LogP contribution in [0.5, 0.6) is 0 Å². The quantitative estimate of drug-likeness (QED) is 0.0170. The van der Waals surface area contributed by atoms with Crippen LogP contribution in [0.25, 0.3) is 0 Å². The van der Waals surface area contributed by atoms with Gasteiger partial charge in [-0.25, -0.2) is 29.9 Å². The van der Waals surface area contributed by atoms with E-state index < -0.39 is 0 Å². The number of nitrogens with zero attached hydrogens (tertiary/aromatic N) is 12. The Morgan fingerprint density at radius 2 is 0.844 bits per heavy atom. The first-order valence-electron chi connectivity index (χ1n) is 50.3. The summed E-state index contributed by atoms with van der Waals surface area (Å²) in [4.78, 5) is 99.1. The number of amides is 4. The number of nitrogens with one attached hydrogen (secondary N) is 11. The number of pyridine rings is 4. The smallest absolute Gasteiger partial charge is 0.255 e. The number of hydrogen-bond acceptors (Lipinski definition) is 23. The van der Waals surface area contributed by atoms with Gasteiger partial charge in [0.2, 0.25) is 0 Å². The molecule has 4 aromatic heterocycles. The molecule has 12 aromatic rings. The lowest BCUT2D eigenvalue weighted by atomic mass is 9.96. The molecule has 0 spiro atoms. The third kappa shape index (κ3) is 27.2. The number of rotatable bonds is 33. The summed E-state index contributed by atoms with van der Waals surface area (Å²) >= 11 is 0. The van der Waals surface area contributed by atoms with Gasteiger partial charge >= 0.3 is 0 Å². The monoisotopic (exact) mass is 1890 g/mol. The van der Waals surface area contributed by atoms with Crippen molar-refractivity contribution in [2.24, 2.45) is 20.0 Å². The Labute approximate surface area is 828 Å². The minimum Gasteiger partial charge on any atom is -0.370 e. The Morgan fingerprint density at radius 3 is 1.35 bits per heavy atom. The number of para-hydroxylation sites is 3. The van der Waals surface area contributed by atoms with Gasteiger partial charge < -0.3 is 63.4 Å². The van der Waals surface area contributed by atoms with E-state index in [9.17, 15) is 19.2 Å². The summed E-state index contributed by atoms with van der Waals surface area (Å²) in [5.74, 6) is 2.64. The van der Waals surface area contributed by atoms with E-state index in [0.29, 0.717) is 28.2 Å². The Balaban J connectivity index is 0.000000130. The molecule has 1 atom stereocenters. The Hall–Kier alpha value is -14.0. The van der Waals surface area contributed by atoms with Crippen molar-refractivity contribution in [2.75, 3.05) is 169 Å². The van der Waals surface area contributed by atoms with E-state index in [2.05, 4.69) is 206 Å². The summed E-state index contributed by atoms with van der Waals surface area (Å²) in [5.41, 5.74) is 27.8. The minimum absolute atomic E-state index is 0.102. The fourth-order valence-electron chi connectivity index (χ4n) is 18.6.